The number of hydrogen-bond donors (Lipinski definition) is 0. The lowest BCUT2D eigenvalue weighted by Crippen LogP contribution is -2.28. The summed E-state index contributed by atoms with van der Waals surface area (Å²) in [5.41, 5.74) is 0. The molecule has 0 aliphatic heterocycles. The highest BCUT2D eigenvalue weighted by molar-refractivity contribution is 5.73. The molecule has 0 bridgehead atoms. The fourth-order valence-corrected chi connectivity index (χ4v) is 0.556. The lowest BCUT2D eigenvalue weighted by Gasteiger charge is -2.14. The third kappa shape index (κ3) is 2.76. The second-order valence-electron chi connectivity index (χ2n) is 1.74. The second kappa shape index (κ2) is 3.96. The molecule has 0 aromatic rings. The van der Waals surface area contributed by atoms with Crippen molar-refractivity contribution in [2.75, 3.05) is 13.1 Å². The minimum Gasteiger partial charge on any atom is -0.332 e. The highest BCUT2D eigenvalue weighted by atomic mass is 16.2. The van der Waals surface area contributed by atoms with Crippen molar-refractivity contribution in [2.24, 2.45) is 0 Å². The van der Waals surface area contributed by atoms with E-state index in [2.05, 4.69) is 5.92 Å². The Morgan fingerprint density at radius 2 is 2.33 bits per heavy atom. The zero-order valence-corrected chi connectivity index (χ0v) is 5.85. The first kappa shape index (κ1) is 8.03. The van der Waals surface area contributed by atoms with Gasteiger partial charge in [-0.15, -0.1) is 6.42 Å². The maximum atomic E-state index is 10.6. The molecule has 0 saturated carbocycles. The molecule has 0 unspecified atom stereocenters. The molecule has 0 aromatic carbocycles. The first-order chi connectivity index (χ1) is 4.22. The number of terminal acetylenes is 1. The molecule has 2 heteroatoms. The van der Waals surface area contributed by atoms with Gasteiger partial charge in [0.25, 0.3) is 0 Å². The lowest BCUT2D eigenvalue weighted by atomic mass is 10.5. The van der Waals surface area contributed by atoms with Crippen LogP contribution in [0.1, 0.15) is 13.8 Å². The first-order valence-electron chi connectivity index (χ1n) is 2.91. The summed E-state index contributed by atoms with van der Waals surface area (Å²) in [5, 5.41) is 0. The van der Waals surface area contributed by atoms with Crippen molar-refractivity contribution in [2.45, 2.75) is 13.8 Å². The minimum absolute atomic E-state index is 0.0375. The van der Waals surface area contributed by atoms with Crippen molar-refractivity contribution in [3.63, 3.8) is 0 Å². The highest BCUT2D eigenvalue weighted by Crippen LogP contribution is 1.85. The molecule has 9 heavy (non-hydrogen) atoms. The highest BCUT2D eigenvalue weighted by Gasteiger charge is 2.00. The third-order valence-corrected chi connectivity index (χ3v) is 1.11. The van der Waals surface area contributed by atoms with E-state index in [-0.39, 0.29) is 5.91 Å². The smallest absolute Gasteiger partial charge is 0.220 e. The summed E-state index contributed by atoms with van der Waals surface area (Å²) < 4.78 is 0. The molecule has 0 spiro atoms. The predicted octanol–water partition coefficient (Wildman–Crippen LogP) is 0.488. The van der Waals surface area contributed by atoms with E-state index in [4.69, 9.17) is 6.42 Å². The Morgan fingerprint density at radius 3 is 2.44 bits per heavy atom. The number of carbonyl (C=O) groups is 1. The molecule has 0 aromatic heterocycles. The van der Waals surface area contributed by atoms with Gasteiger partial charge in [-0.25, -0.2) is 0 Å². The van der Waals surface area contributed by atoms with Gasteiger partial charge in [-0.1, -0.05) is 5.92 Å². The van der Waals surface area contributed by atoms with Crippen molar-refractivity contribution in [3.05, 3.63) is 0 Å². The Balaban J connectivity index is 3.71. The lowest BCUT2D eigenvalue weighted by molar-refractivity contribution is -0.128. The van der Waals surface area contributed by atoms with Crippen LogP contribution in [0.2, 0.25) is 0 Å². The SMILES string of the molecule is C#CCN(CC)C(C)=O. The van der Waals surface area contributed by atoms with E-state index in [9.17, 15) is 4.79 Å². The fraction of sp³-hybridized carbons (Fsp3) is 0.571. The summed E-state index contributed by atoms with van der Waals surface area (Å²) in [4.78, 5) is 12.2. The number of rotatable bonds is 2. The molecule has 0 N–H and O–H groups in total. The third-order valence-electron chi connectivity index (χ3n) is 1.11. The van der Waals surface area contributed by atoms with Gasteiger partial charge in [-0.2, -0.15) is 0 Å². The maximum absolute atomic E-state index is 10.6. The van der Waals surface area contributed by atoms with Crippen LogP contribution in [-0.2, 0) is 4.79 Å². The Kier molecular flexibility index (Phi) is 3.54. The number of nitrogens with zero attached hydrogens (tertiary/aromatic N) is 1. The minimum atomic E-state index is 0.0375. The van der Waals surface area contributed by atoms with Crippen LogP contribution >= 0.6 is 0 Å². The van der Waals surface area contributed by atoms with Crippen molar-refractivity contribution >= 4 is 5.91 Å². The summed E-state index contributed by atoms with van der Waals surface area (Å²) >= 11 is 0. The van der Waals surface area contributed by atoms with Gasteiger partial charge in [-0.3, -0.25) is 4.79 Å². The Labute approximate surface area is 55.8 Å². The summed E-state index contributed by atoms with van der Waals surface area (Å²) in [6.45, 7) is 4.53. The molecule has 0 saturated heterocycles. The Bertz CT molecular complexity index is 134. The Morgan fingerprint density at radius 1 is 1.78 bits per heavy atom. The first-order valence-corrected chi connectivity index (χ1v) is 2.91. The molecule has 0 atom stereocenters. The molecular formula is C7H11NO. The van der Waals surface area contributed by atoms with Crippen molar-refractivity contribution in [3.8, 4) is 12.3 Å². The van der Waals surface area contributed by atoms with E-state index in [1.54, 1.807) is 4.90 Å². The largest absolute Gasteiger partial charge is 0.332 e. The van der Waals surface area contributed by atoms with Crippen LogP contribution in [-0.4, -0.2) is 23.9 Å². The van der Waals surface area contributed by atoms with E-state index in [1.165, 1.54) is 6.92 Å². The van der Waals surface area contributed by atoms with Gasteiger partial charge in [0.05, 0.1) is 6.54 Å². The fourth-order valence-electron chi connectivity index (χ4n) is 0.556. The van der Waals surface area contributed by atoms with E-state index < -0.39 is 0 Å². The van der Waals surface area contributed by atoms with Gasteiger partial charge < -0.3 is 4.90 Å². The zero-order chi connectivity index (χ0) is 7.28. The van der Waals surface area contributed by atoms with Gasteiger partial charge in [-0.05, 0) is 6.92 Å². The van der Waals surface area contributed by atoms with E-state index in [1.807, 2.05) is 6.92 Å². The van der Waals surface area contributed by atoms with Crippen LogP contribution in [0.5, 0.6) is 0 Å². The quantitative estimate of drug-likeness (QED) is 0.492. The van der Waals surface area contributed by atoms with Gasteiger partial charge in [0.2, 0.25) is 5.91 Å². The average Bonchev–Trinajstić information content (AvgIpc) is 1.82. The van der Waals surface area contributed by atoms with Crippen LogP contribution in [0.3, 0.4) is 0 Å². The topological polar surface area (TPSA) is 20.3 Å². The van der Waals surface area contributed by atoms with Gasteiger partial charge in [0.1, 0.15) is 0 Å². The summed E-state index contributed by atoms with van der Waals surface area (Å²) in [6, 6.07) is 0. The predicted molar refractivity (Wildman–Crippen MR) is 36.8 cm³/mol. The van der Waals surface area contributed by atoms with Crippen LogP contribution in [0.25, 0.3) is 0 Å². The summed E-state index contributed by atoms with van der Waals surface area (Å²) in [7, 11) is 0. The molecule has 50 valence electrons. The molecule has 0 rings (SSSR count). The van der Waals surface area contributed by atoms with E-state index >= 15 is 0 Å². The number of hydrogen-bond acceptors (Lipinski definition) is 1. The van der Waals surface area contributed by atoms with Crippen LogP contribution in [0, 0.1) is 12.3 Å². The van der Waals surface area contributed by atoms with Crippen molar-refractivity contribution in [1.29, 1.82) is 0 Å². The summed E-state index contributed by atoms with van der Waals surface area (Å²) in [5.74, 6) is 2.44. The summed E-state index contributed by atoms with van der Waals surface area (Å²) in [6.07, 6.45) is 5.00. The second-order valence-corrected chi connectivity index (χ2v) is 1.74. The Hall–Kier alpha value is -0.970. The maximum Gasteiger partial charge on any atom is 0.220 e. The van der Waals surface area contributed by atoms with Gasteiger partial charge in [0, 0.05) is 13.5 Å². The van der Waals surface area contributed by atoms with E-state index in [0.717, 1.165) is 0 Å². The monoisotopic (exact) mass is 125 g/mol. The van der Waals surface area contributed by atoms with Crippen molar-refractivity contribution < 1.29 is 4.79 Å². The number of amides is 1. The van der Waals surface area contributed by atoms with Crippen LogP contribution in [0.15, 0.2) is 0 Å². The van der Waals surface area contributed by atoms with E-state index in [0.29, 0.717) is 13.1 Å². The molecule has 1 amide bonds. The van der Waals surface area contributed by atoms with Crippen LogP contribution < -0.4 is 0 Å². The van der Waals surface area contributed by atoms with Crippen molar-refractivity contribution in [1.82, 2.24) is 4.90 Å². The number of carbonyl (C=O) groups excluding carboxylic acids is 1. The van der Waals surface area contributed by atoms with Crippen LogP contribution in [0.4, 0.5) is 0 Å². The van der Waals surface area contributed by atoms with Gasteiger partial charge >= 0.3 is 0 Å². The molecule has 2 nitrogen and oxygen atoms in total. The molecule has 0 radical (unpaired) electrons. The molecule has 0 aliphatic rings. The standard InChI is InChI=1S/C7H11NO/c1-4-6-8(5-2)7(3)9/h1H,5-6H2,2-3H3. The molecule has 0 aliphatic carbocycles. The molecule has 0 fully saturated rings. The normalized spacial score (nSPS) is 8.11. The van der Waals surface area contributed by atoms with Gasteiger partial charge in [0.15, 0.2) is 0 Å². The average molecular weight is 125 g/mol. The molecule has 0 heterocycles. The zero-order valence-electron chi connectivity index (χ0n) is 5.85. The molecular weight excluding hydrogens is 114 g/mol.